The fourth-order valence-electron chi connectivity index (χ4n) is 3.83. The zero-order valence-corrected chi connectivity index (χ0v) is 16.6. The van der Waals surface area contributed by atoms with E-state index in [1.807, 2.05) is 19.3 Å². The highest BCUT2D eigenvalue weighted by Crippen LogP contribution is 2.41. The minimum atomic E-state index is 0.129. The molecule has 1 aromatic carbocycles. The molecule has 3 aromatic rings. The third-order valence-electron chi connectivity index (χ3n) is 5.15. The quantitative estimate of drug-likeness (QED) is 0.727. The lowest BCUT2D eigenvalue weighted by molar-refractivity contribution is 0.286. The number of hydrogen-bond acceptors (Lipinski definition) is 6. The standard InChI is InChI=1S/C22H26N6/c1-22(2)11-18(26-20-14-23-9-10-24-20)17-13-25-21(27-19(17)12-22)28(3)15-16-7-5-4-6-8-16/h4-10,13-14,18H,11-12,15H2,1-3H3,(H,24,26). The molecule has 1 unspecified atom stereocenters. The lowest BCUT2D eigenvalue weighted by Crippen LogP contribution is -2.31. The maximum atomic E-state index is 4.94. The summed E-state index contributed by atoms with van der Waals surface area (Å²) in [5, 5.41) is 3.51. The van der Waals surface area contributed by atoms with Crippen LogP contribution in [0.1, 0.15) is 43.1 Å². The minimum Gasteiger partial charge on any atom is -0.362 e. The second-order valence-corrected chi connectivity index (χ2v) is 8.25. The normalized spacial score (nSPS) is 17.6. The van der Waals surface area contributed by atoms with E-state index in [1.165, 1.54) is 5.56 Å². The molecule has 1 aliphatic rings. The molecule has 0 saturated heterocycles. The molecule has 2 aromatic heterocycles. The Bertz CT molecular complexity index is 926. The second kappa shape index (κ2) is 7.54. The molecule has 0 bridgehead atoms. The van der Waals surface area contributed by atoms with E-state index < -0.39 is 0 Å². The summed E-state index contributed by atoms with van der Waals surface area (Å²) in [4.78, 5) is 20.2. The molecule has 144 valence electrons. The number of fused-ring (bicyclic) bond motifs is 1. The van der Waals surface area contributed by atoms with Crippen molar-refractivity contribution in [3.8, 4) is 0 Å². The predicted molar refractivity (Wildman–Crippen MR) is 111 cm³/mol. The first-order chi connectivity index (χ1) is 13.5. The summed E-state index contributed by atoms with van der Waals surface area (Å²) in [5.74, 6) is 1.54. The molecular weight excluding hydrogens is 348 g/mol. The Morgan fingerprint density at radius 2 is 1.93 bits per heavy atom. The first kappa shape index (κ1) is 18.3. The monoisotopic (exact) mass is 374 g/mol. The average Bonchev–Trinajstić information content (AvgIpc) is 2.68. The van der Waals surface area contributed by atoms with Crippen LogP contribution >= 0.6 is 0 Å². The Labute approximate surface area is 166 Å². The molecule has 0 radical (unpaired) electrons. The predicted octanol–water partition coefficient (Wildman–Crippen LogP) is 4.03. The Hall–Kier alpha value is -3.02. The fourth-order valence-corrected chi connectivity index (χ4v) is 3.83. The summed E-state index contributed by atoms with van der Waals surface area (Å²) in [6.07, 6.45) is 9.05. The first-order valence-electron chi connectivity index (χ1n) is 9.64. The number of hydrogen-bond donors (Lipinski definition) is 1. The maximum Gasteiger partial charge on any atom is 0.225 e. The van der Waals surface area contributed by atoms with E-state index in [9.17, 15) is 0 Å². The van der Waals surface area contributed by atoms with Crippen LogP contribution in [-0.4, -0.2) is 27.0 Å². The van der Waals surface area contributed by atoms with Gasteiger partial charge in [-0.2, -0.15) is 0 Å². The average molecular weight is 374 g/mol. The molecule has 0 saturated carbocycles. The topological polar surface area (TPSA) is 66.8 Å². The highest BCUT2D eigenvalue weighted by Gasteiger charge is 2.34. The Balaban J connectivity index is 1.59. The minimum absolute atomic E-state index is 0.129. The van der Waals surface area contributed by atoms with Crippen LogP contribution in [0.2, 0.25) is 0 Å². The zero-order valence-electron chi connectivity index (χ0n) is 16.6. The first-order valence-corrected chi connectivity index (χ1v) is 9.64. The van der Waals surface area contributed by atoms with E-state index in [4.69, 9.17) is 4.98 Å². The van der Waals surface area contributed by atoms with Crippen molar-refractivity contribution < 1.29 is 0 Å². The van der Waals surface area contributed by atoms with Gasteiger partial charge in [-0.3, -0.25) is 4.98 Å². The van der Waals surface area contributed by atoms with Crippen LogP contribution < -0.4 is 10.2 Å². The molecule has 6 heteroatoms. The third-order valence-corrected chi connectivity index (χ3v) is 5.15. The van der Waals surface area contributed by atoms with Crippen molar-refractivity contribution in [2.24, 2.45) is 5.41 Å². The summed E-state index contributed by atoms with van der Waals surface area (Å²) >= 11 is 0. The second-order valence-electron chi connectivity index (χ2n) is 8.25. The van der Waals surface area contributed by atoms with Crippen molar-refractivity contribution in [1.82, 2.24) is 19.9 Å². The molecule has 0 amide bonds. The van der Waals surface area contributed by atoms with Crippen molar-refractivity contribution in [2.75, 3.05) is 17.3 Å². The van der Waals surface area contributed by atoms with Gasteiger partial charge in [0, 0.05) is 37.7 Å². The number of anilines is 2. The van der Waals surface area contributed by atoms with Crippen LogP contribution in [0.3, 0.4) is 0 Å². The van der Waals surface area contributed by atoms with Gasteiger partial charge in [-0.25, -0.2) is 15.0 Å². The summed E-state index contributed by atoms with van der Waals surface area (Å²) in [6.45, 7) is 5.36. The third kappa shape index (κ3) is 4.11. The highest BCUT2D eigenvalue weighted by molar-refractivity contribution is 5.41. The number of aromatic nitrogens is 4. The van der Waals surface area contributed by atoms with E-state index in [2.05, 4.69) is 63.3 Å². The highest BCUT2D eigenvalue weighted by atomic mass is 15.2. The number of nitrogens with zero attached hydrogens (tertiary/aromatic N) is 5. The molecule has 4 rings (SSSR count). The van der Waals surface area contributed by atoms with Crippen LogP contribution in [0.25, 0.3) is 0 Å². The molecule has 6 nitrogen and oxygen atoms in total. The lowest BCUT2D eigenvalue weighted by atomic mass is 9.74. The van der Waals surface area contributed by atoms with Crippen LogP contribution in [-0.2, 0) is 13.0 Å². The summed E-state index contributed by atoms with van der Waals surface area (Å²) in [6, 6.07) is 10.5. The summed E-state index contributed by atoms with van der Waals surface area (Å²) in [7, 11) is 2.04. The molecule has 1 atom stereocenters. The largest absolute Gasteiger partial charge is 0.362 e. The Morgan fingerprint density at radius 1 is 1.11 bits per heavy atom. The van der Waals surface area contributed by atoms with Gasteiger partial charge >= 0.3 is 0 Å². The van der Waals surface area contributed by atoms with Gasteiger partial charge < -0.3 is 10.2 Å². The molecule has 0 aliphatic heterocycles. The van der Waals surface area contributed by atoms with Gasteiger partial charge in [0.2, 0.25) is 5.95 Å². The van der Waals surface area contributed by atoms with E-state index in [0.29, 0.717) is 0 Å². The van der Waals surface area contributed by atoms with Crippen molar-refractivity contribution in [3.05, 3.63) is 71.9 Å². The lowest BCUT2D eigenvalue weighted by Gasteiger charge is -2.37. The summed E-state index contributed by atoms with van der Waals surface area (Å²) < 4.78 is 0. The number of nitrogens with one attached hydrogen (secondary N) is 1. The van der Waals surface area contributed by atoms with Crippen molar-refractivity contribution in [3.63, 3.8) is 0 Å². The van der Waals surface area contributed by atoms with Crippen molar-refractivity contribution >= 4 is 11.8 Å². The molecule has 1 N–H and O–H groups in total. The molecule has 2 heterocycles. The van der Waals surface area contributed by atoms with Crippen molar-refractivity contribution in [1.29, 1.82) is 0 Å². The number of benzene rings is 1. The smallest absolute Gasteiger partial charge is 0.225 e. The van der Waals surface area contributed by atoms with E-state index >= 15 is 0 Å². The van der Waals surface area contributed by atoms with Gasteiger partial charge in [-0.05, 0) is 23.8 Å². The van der Waals surface area contributed by atoms with E-state index in [0.717, 1.165) is 42.4 Å². The molecule has 0 fully saturated rings. The van der Waals surface area contributed by atoms with Gasteiger partial charge in [0.25, 0.3) is 0 Å². The number of rotatable bonds is 5. The van der Waals surface area contributed by atoms with Gasteiger partial charge in [0.1, 0.15) is 5.82 Å². The maximum absolute atomic E-state index is 4.94. The van der Waals surface area contributed by atoms with E-state index in [1.54, 1.807) is 18.6 Å². The summed E-state index contributed by atoms with van der Waals surface area (Å²) in [5.41, 5.74) is 3.66. The molecule has 0 spiro atoms. The van der Waals surface area contributed by atoms with Gasteiger partial charge in [0.15, 0.2) is 0 Å². The van der Waals surface area contributed by atoms with Crippen molar-refractivity contribution in [2.45, 2.75) is 39.3 Å². The van der Waals surface area contributed by atoms with E-state index in [-0.39, 0.29) is 11.5 Å². The van der Waals surface area contributed by atoms with Gasteiger partial charge in [-0.1, -0.05) is 44.2 Å². The molecule has 1 aliphatic carbocycles. The van der Waals surface area contributed by atoms with Crippen LogP contribution in [0.5, 0.6) is 0 Å². The van der Waals surface area contributed by atoms with Crippen LogP contribution in [0, 0.1) is 5.41 Å². The Morgan fingerprint density at radius 3 is 2.68 bits per heavy atom. The van der Waals surface area contributed by atoms with Gasteiger partial charge in [0.05, 0.1) is 17.9 Å². The molecular formula is C22H26N6. The fraction of sp³-hybridized carbons (Fsp3) is 0.364. The zero-order chi connectivity index (χ0) is 19.6. The molecule has 28 heavy (non-hydrogen) atoms. The Kier molecular flexibility index (Phi) is 4.94. The van der Waals surface area contributed by atoms with Crippen LogP contribution in [0.4, 0.5) is 11.8 Å². The SMILES string of the molecule is CN(Cc1ccccc1)c1ncc2c(n1)CC(C)(C)CC2Nc1cnccn1. The van der Waals surface area contributed by atoms with Gasteiger partial charge in [-0.15, -0.1) is 0 Å². The van der Waals surface area contributed by atoms with Crippen LogP contribution in [0.15, 0.2) is 55.1 Å².